The van der Waals surface area contributed by atoms with E-state index in [0.717, 1.165) is 17.7 Å². The number of benzene rings is 2. The molecule has 0 aliphatic rings. The predicted octanol–water partition coefficient (Wildman–Crippen LogP) is 4.27. The third-order valence-corrected chi connectivity index (χ3v) is 4.95. The summed E-state index contributed by atoms with van der Waals surface area (Å²) in [5.74, 6) is -0.589. The second-order valence-electron chi connectivity index (χ2n) is 6.24. The Hall–Kier alpha value is -3.18. The van der Waals surface area contributed by atoms with E-state index in [4.69, 9.17) is 0 Å². The molecular weight excluding hydrogens is 368 g/mol. The first kappa shape index (κ1) is 19.6. The van der Waals surface area contributed by atoms with Gasteiger partial charge in [0, 0.05) is 17.0 Å². The van der Waals surface area contributed by atoms with Gasteiger partial charge in [-0.25, -0.2) is 0 Å². The number of hydrogen-bond acceptors (Lipinski definition) is 3. The molecule has 142 valence electrons. The summed E-state index contributed by atoms with van der Waals surface area (Å²) in [7, 11) is 0. The molecule has 1 aromatic heterocycles. The van der Waals surface area contributed by atoms with Gasteiger partial charge in [0.1, 0.15) is 5.70 Å². The number of thiophene rings is 1. The van der Waals surface area contributed by atoms with Crippen LogP contribution in [0.2, 0.25) is 0 Å². The van der Waals surface area contributed by atoms with Crippen molar-refractivity contribution in [2.75, 3.05) is 6.54 Å². The maximum atomic E-state index is 12.7. The van der Waals surface area contributed by atoms with Crippen LogP contribution in [0.4, 0.5) is 0 Å². The molecule has 0 saturated heterocycles. The summed E-state index contributed by atoms with van der Waals surface area (Å²) >= 11 is 1.51. The maximum absolute atomic E-state index is 12.7. The molecule has 5 heteroatoms. The molecule has 0 unspecified atom stereocenters. The molecule has 0 radical (unpaired) electrons. The van der Waals surface area contributed by atoms with Gasteiger partial charge < -0.3 is 10.6 Å². The minimum absolute atomic E-state index is 0.246. The first-order valence-corrected chi connectivity index (χ1v) is 10.0. The van der Waals surface area contributed by atoms with Crippen molar-refractivity contribution in [1.29, 1.82) is 0 Å². The number of rotatable bonds is 8. The largest absolute Gasteiger partial charge is 0.351 e. The summed E-state index contributed by atoms with van der Waals surface area (Å²) in [4.78, 5) is 26.0. The van der Waals surface area contributed by atoms with Gasteiger partial charge in [0.05, 0.1) is 0 Å². The van der Waals surface area contributed by atoms with Crippen LogP contribution in [0.25, 0.3) is 6.08 Å². The van der Waals surface area contributed by atoms with Crippen LogP contribution in [0.5, 0.6) is 0 Å². The second-order valence-corrected chi connectivity index (χ2v) is 7.22. The van der Waals surface area contributed by atoms with E-state index in [0.29, 0.717) is 12.1 Å². The Morgan fingerprint density at radius 3 is 2.29 bits per heavy atom. The van der Waals surface area contributed by atoms with Gasteiger partial charge in [-0.15, -0.1) is 11.3 Å². The molecule has 2 amide bonds. The maximum Gasteiger partial charge on any atom is 0.267 e. The molecule has 4 nitrogen and oxygen atoms in total. The quantitative estimate of drug-likeness (QED) is 0.446. The van der Waals surface area contributed by atoms with Crippen LogP contribution in [0.3, 0.4) is 0 Å². The molecule has 3 aromatic rings. The minimum Gasteiger partial charge on any atom is -0.351 e. The summed E-state index contributed by atoms with van der Waals surface area (Å²) < 4.78 is 0. The molecule has 3 rings (SSSR count). The van der Waals surface area contributed by atoms with Gasteiger partial charge >= 0.3 is 0 Å². The van der Waals surface area contributed by atoms with E-state index in [1.54, 1.807) is 30.3 Å². The van der Waals surface area contributed by atoms with Gasteiger partial charge in [-0.1, -0.05) is 54.6 Å². The summed E-state index contributed by atoms with van der Waals surface area (Å²) in [5.41, 5.74) is 2.00. The van der Waals surface area contributed by atoms with E-state index in [1.807, 2.05) is 41.8 Å². The average molecular weight is 391 g/mol. The Morgan fingerprint density at radius 2 is 1.61 bits per heavy atom. The van der Waals surface area contributed by atoms with E-state index < -0.39 is 0 Å². The zero-order valence-corrected chi connectivity index (χ0v) is 16.2. The van der Waals surface area contributed by atoms with Gasteiger partial charge in [-0.05, 0) is 48.1 Å². The molecule has 0 atom stereocenters. The molecule has 2 N–H and O–H groups in total. The monoisotopic (exact) mass is 390 g/mol. The van der Waals surface area contributed by atoms with Gasteiger partial charge in [-0.2, -0.15) is 0 Å². The Labute approximate surface area is 168 Å². The van der Waals surface area contributed by atoms with Crippen molar-refractivity contribution in [2.45, 2.75) is 12.8 Å². The minimum atomic E-state index is -0.303. The molecule has 0 aliphatic carbocycles. The molecule has 28 heavy (non-hydrogen) atoms. The van der Waals surface area contributed by atoms with E-state index in [-0.39, 0.29) is 17.5 Å². The third kappa shape index (κ3) is 5.93. The van der Waals surface area contributed by atoms with Crippen molar-refractivity contribution in [3.8, 4) is 0 Å². The lowest BCUT2D eigenvalue weighted by Crippen LogP contribution is -2.35. The number of carbonyl (C=O) groups excluding carboxylic acids is 2. The zero-order valence-electron chi connectivity index (χ0n) is 15.4. The summed E-state index contributed by atoms with van der Waals surface area (Å²) in [5, 5.41) is 7.58. The van der Waals surface area contributed by atoms with Crippen molar-refractivity contribution < 1.29 is 9.59 Å². The van der Waals surface area contributed by atoms with Gasteiger partial charge in [0.15, 0.2) is 0 Å². The first-order chi connectivity index (χ1) is 13.7. The molecule has 0 saturated carbocycles. The molecule has 2 aromatic carbocycles. The summed E-state index contributed by atoms with van der Waals surface area (Å²) in [6.45, 7) is 0.538. The van der Waals surface area contributed by atoms with Crippen LogP contribution in [-0.2, 0) is 11.2 Å². The highest BCUT2D eigenvalue weighted by molar-refractivity contribution is 7.10. The fourth-order valence-electron chi connectivity index (χ4n) is 2.69. The van der Waals surface area contributed by atoms with E-state index in [2.05, 4.69) is 22.8 Å². The molecule has 1 heterocycles. The molecule has 0 spiro atoms. The van der Waals surface area contributed by atoms with Gasteiger partial charge in [0.2, 0.25) is 0 Å². The number of carbonyl (C=O) groups is 2. The normalized spacial score (nSPS) is 11.1. The van der Waals surface area contributed by atoms with Crippen molar-refractivity contribution in [1.82, 2.24) is 10.6 Å². The lowest BCUT2D eigenvalue weighted by molar-refractivity contribution is -0.117. The van der Waals surface area contributed by atoms with Crippen LogP contribution in [0.1, 0.15) is 27.2 Å². The number of aryl methyl sites for hydroxylation is 1. The van der Waals surface area contributed by atoms with Crippen LogP contribution in [0.15, 0.2) is 83.9 Å². The predicted molar refractivity (Wildman–Crippen MR) is 114 cm³/mol. The highest BCUT2D eigenvalue weighted by Gasteiger charge is 2.14. The second kappa shape index (κ2) is 10.2. The average Bonchev–Trinajstić information content (AvgIpc) is 3.25. The lowest BCUT2D eigenvalue weighted by Gasteiger charge is -2.11. The lowest BCUT2D eigenvalue weighted by atomic mass is 10.1. The van der Waals surface area contributed by atoms with Crippen LogP contribution >= 0.6 is 11.3 Å². The van der Waals surface area contributed by atoms with Crippen molar-refractivity contribution in [3.63, 3.8) is 0 Å². The standard InChI is InChI=1S/C23H22N2O2S/c26-22(19-12-5-2-6-13-19)25-21(17-20-14-8-16-28-20)23(27)24-15-7-11-18-9-3-1-4-10-18/h1-6,8-10,12-14,16-17H,7,11,15H2,(H,24,27)(H,25,26)/b21-17-. The van der Waals surface area contributed by atoms with Crippen molar-refractivity contribution >= 4 is 29.2 Å². The van der Waals surface area contributed by atoms with E-state index >= 15 is 0 Å². The smallest absolute Gasteiger partial charge is 0.267 e. The number of hydrogen-bond donors (Lipinski definition) is 2. The molecule has 0 aliphatic heterocycles. The van der Waals surface area contributed by atoms with Crippen LogP contribution < -0.4 is 10.6 Å². The SMILES string of the molecule is O=C(NCCCc1ccccc1)/C(=C/c1cccs1)NC(=O)c1ccccc1. The zero-order chi connectivity index (χ0) is 19.6. The molecule has 0 bridgehead atoms. The highest BCUT2D eigenvalue weighted by atomic mass is 32.1. The Balaban J connectivity index is 1.61. The van der Waals surface area contributed by atoms with Gasteiger partial charge in [0.25, 0.3) is 11.8 Å². The fraction of sp³-hybridized carbons (Fsp3) is 0.130. The fourth-order valence-corrected chi connectivity index (χ4v) is 3.35. The topological polar surface area (TPSA) is 58.2 Å². The van der Waals surface area contributed by atoms with Crippen LogP contribution in [0, 0.1) is 0 Å². The third-order valence-electron chi connectivity index (χ3n) is 4.13. The molecular formula is C23H22N2O2S. The number of nitrogens with one attached hydrogen (secondary N) is 2. The van der Waals surface area contributed by atoms with Gasteiger partial charge in [-0.3, -0.25) is 9.59 Å². The van der Waals surface area contributed by atoms with Crippen molar-refractivity contribution in [3.05, 3.63) is 99.9 Å². The van der Waals surface area contributed by atoms with E-state index in [1.165, 1.54) is 16.9 Å². The Morgan fingerprint density at radius 1 is 0.893 bits per heavy atom. The summed E-state index contributed by atoms with van der Waals surface area (Å²) in [6, 6.07) is 22.8. The van der Waals surface area contributed by atoms with Crippen molar-refractivity contribution in [2.24, 2.45) is 0 Å². The number of amides is 2. The van der Waals surface area contributed by atoms with Crippen LogP contribution in [-0.4, -0.2) is 18.4 Å². The Bertz CT molecular complexity index is 920. The highest BCUT2D eigenvalue weighted by Crippen LogP contribution is 2.13. The Kier molecular flexibility index (Phi) is 7.15. The van der Waals surface area contributed by atoms with E-state index in [9.17, 15) is 9.59 Å². The summed E-state index contributed by atoms with van der Waals surface area (Å²) in [6.07, 6.45) is 3.42. The molecule has 0 fully saturated rings. The first-order valence-electron chi connectivity index (χ1n) is 9.16.